The van der Waals surface area contributed by atoms with Gasteiger partial charge in [-0.2, -0.15) is 0 Å². The standard InChI is InChI=1S/C14H21BN2O4/c1-13(2)14(3,4)21-15(20-13)9-5-6-10(17-8-9)7-11(16)12(18)19/h5-6,8,11H,7,16H2,1-4H3,(H,18,19). The van der Waals surface area contributed by atoms with Gasteiger partial charge in [0.1, 0.15) is 6.04 Å². The topological polar surface area (TPSA) is 94.7 Å². The van der Waals surface area contributed by atoms with Crippen LogP contribution in [0.25, 0.3) is 0 Å². The third kappa shape index (κ3) is 3.25. The van der Waals surface area contributed by atoms with Crippen LogP contribution < -0.4 is 11.2 Å². The molecule has 0 spiro atoms. The summed E-state index contributed by atoms with van der Waals surface area (Å²) in [6.45, 7) is 7.95. The Labute approximate surface area is 124 Å². The lowest BCUT2D eigenvalue weighted by Crippen LogP contribution is -2.41. The summed E-state index contributed by atoms with van der Waals surface area (Å²) in [5, 5.41) is 8.79. The molecule has 6 nitrogen and oxygen atoms in total. The van der Waals surface area contributed by atoms with E-state index in [1.165, 1.54) is 0 Å². The van der Waals surface area contributed by atoms with E-state index in [9.17, 15) is 4.79 Å². The van der Waals surface area contributed by atoms with Gasteiger partial charge in [-0.15, -0.1) is 0 Å². The van der Waals surface area contributed by atoms with Crippen LogP contribution in [0.15, 0.2) is 18.3 Å². The summed E-state index contributed by atoms with van der Waals surface area (Å²) in [6, 6.07) is 2.64. The van der Waals surface area contributed by atoms with Crippen molar-refractivity contribution in [2.45, 2.75) is 51.4 Å². The Morgan fingerprint density at radius 3 is 2.33 bits per heavy atom. The van der Waals surface area contributed by atoms with Crippen LogP contribution in [0.2, 0.25) is 0 Å². The number of aromatic nitrogens is 1. The van der Waals surface area contributed by atoms with Gasteiger partial charge >= 0.3 is 13.1 Å². The van der Waals surface area contributed by atoms with Crippen molar-refractivity contribution in [1.29, 1.82) is 0 Å². The van der Waals surface area contributed by atoms with E-state index in [0.29, 0.717) is 5.69 Å². The van der Waals surface area contributed by atoms with E-state index in [0.717, 1.165) is 5.46 Å². The number of nitrogens with two attached hydrogens (primary N) is 1. The predicted molar refractivity (Wildman–Crippen MR) is 79.3 cm³/mol. The molecule has 2 rings (SSSR count). The second kappa shape index (κ2) is 5.40. The molecule has 0 bridgehead atoms. The van der Waals surface area contributed by atoms with Gasteiger partial charge in [0.15, 0.2) is 0 Å². The van der Waals surface area contributed by atoms with Gasteiger partial charge in [0.05, 0.1) is 11.2 Å². The number of carbonyl (C=O) groups is 1. The minimum absolute atomic E-state index is 0.193. The third-order valence-corrected chi connectivity index (χ3v) is 4.12. The van der Waals surface area contributed by atoms with Crippen molar-refractivity contribution in [3.8, 4) is 0 Å². The molecule has 0 amide bonds. The summed E-state index contributed by atoms with van der Waals surface area (Å²) in [4.78, 5) is 15.0. The van der Waals surface area contributed by atoms with Gasteiger partial charge in [-0.25, -0.2) is 0 Å². The maximum atomic E-state index is 10.7. The Hall–Kier alpha value is -1.44. The fourth-order valence-corrected chi connectivity index (χ4v) is 1.99. The Balaban J connectivity index is 2.09. The van der Waals surface area contributed by atoms with E-state index >= 15 is 0 Å². The molecular weight excluding hydrogens is 271 g/mol. The molecule has 21 heavy (non-hydrogen) atoms. The molecule has 0 saturated carbocycles. The van der Waals surface area contributed by atoms with Crippen molar-refractivity contribution in [2.24, 2.45) is 5.73 Å². The van der Waals surface area contributed by atoms with E-state index in [1.807, 2.05) is 33.8 Å². The smallest absolute Gasteiger partial charge is 0.480 e. The molecule has 0 aromatic carbocycles. The molecule has 2 heterocycles. The molecule has 1 atom stereocenters. The number of carboxylic acid groups (broad SMARTS) is 1. The molecule has 1 aromatic heterocycles. The minimum Gasteiger partial charge on any atom is -0.480 e. The van der Waals surface area contributed by atoms with Crippen molar-refractivity contribution in [1.82, 2.24) is 4.98 Å². The van der Waals surface area contributed by atoms with Crippen LogP contribution in [0.1, 0.15) is 33.4 Å². The Kier molecular flexibility index (Phi) is 4.10. The molecule has 1 fully saturated rings. The van der Waals surface area contributed by atoms with Crippen molar-refractivity contribution < 1.29 is 19.2 Å². The average Bonchev–Trinajstić information content (AvgIpc) is 2.59. The molecule has 0 aliphatic carbocycles. The highest BCUT2D eigenvalue weighted by atomic mass is 16.7. The number of pyridine rings is 1. The van der Waals surface area contributed by atoms with Gasteiger partial charge < -0.3 is 20.1 Å². The molecular formula is C14H21BN2O4. The highest BCUT2D eigenvalue weighted by molar-refractivity contribution is 6.62. The average molecular weight is 292 g/mol. The second-order valence-electron chi connectivity index (χ2n) is 6.32. The van der Waals surface area contributed by atoms with E-state index in [-0.39, 0.29) is 6.42 Å². The second-order valence-corrected chi connectivity index (χ2v) is 6.32. The van der Waals surface area contributed by atoms with Gasteiger partial charge in [0, 0.05) is 23.8 Å². The molecule has 1 aromatic rings. The maximum Gasteiger partial charge on any atom is 0.496 e. The van der Waals surface area contributed by atoms with Crippen LogP contribution in [0.3, 0.4) is 0 Å². The van der Waals surface area contributed by atoms with E-state index in [4.69, 9.17) is 20.1 Å². The number of carboxylic acids is 1. The molecule has 3 N–H and O–H groups in total. The molecule has 114 valence electrons. The maximum absolute atomic E-state index is 10.7. The molecule has 1 aliphatic heterocycles. The summed E-state index contributed by atoms with van der Waals surface area (Å²) in [5.41, 5.74) is 6.13. The van der Waals surface area contributed by atoms with Gasteiger partial charge in [0.25, 0.3) is 0 Å². The van der Waals surface area contributed by atoms with E-state index < -0.39 is 30.3 Å². The van der Waals surface area contributed by atoms with Crippen molar-refractivity contribution in [3.05, 3.63) is 24.0 Å². The zero-order valence-corrected chi connectivity index (χ0v) is 12.8. The number of aliphatic carboxylic acids is 1. The predicted octanol–water partition coefficient (Wildman–Crippen LogP) is 0.335. The summed E-state index contributed by atoms with van der Waals surface area (Å²) < 4.78 is 11.9. The quantitative estimate of drug-likeness (QED) is 0.777. The lowest BCUT2D eigenvalue weighted by Gasteiger charge is -2.32. The lowest BCUT2D eigenvalue weighted by molar-refractivity contribution is -0.138. The van der Waals surface area contributed by atoms with Crippen LogP contribution in [-0.2, 0) is 20.5 Å². The Morgan fingerprint density at radius 2 is 1.90 bits per heavy atom. The largest absolute Gasteiger partial charge is 0.496 e. The first-order valence-electron chi connectivity index (χ1n) is 6.91. The van der Waals surface area contributed by atoms with Crippen molar-refractivity contribution in [2.75, 3.05) is 0 Å². The molecule has 7 heteroatoms. The van der Waals surface area contributed by atoms with Crippen LogP contribution in [0, 0.1) is 0 Å². The number of nitrogens with zero attached hydrogens (tertiary/aromatic N) is 1. The monoisotopic (exact) mass is 292 g/mol. The molecule has 1 unspecified atom stereocenters. The summed E-state index contributed by atoms with van der Waals surface area (Å²) in [6.07, 6.45) is 1.84. The van der Waals surface area contributed by atoms with Crippen molar-refractivity contribution in [3.63, 3.8) is 0 Å². The number of hydrogen-bond acceptors (Lipinski definition) is 5. The van der Waals surface area contributed by atoms with Gasteiger partial charge in [-0.1, -0.05) is 6.07 Å². The highest BCUT2D eigenvalue weighted by Gasteiger charge is 2.51. The fourth-order valence-electron chi connectivity index (χ4n) is 1.99. The van der Waals surface area contributed by atoms with E-state index in [2.05, 4.69) is 4.98 Å². The zero-order chi connectivity index (χ0) is 15.8. The number of hydrogen-bond donors (Lipinski definition) is 2. The fraction of sp³-hybridized carbons (Fsp3) is 0.571. The van der Waals surface area contributed by atoms with Crippen LogP contribution in [-0.4, -0.2) is 40.4 Å². The molecule has 1 saturated heterocycles. The van der Waals surface area contributed by atoms with Crippen LogP contribution >= 0.6 is 0 Å². The van der Waals surface area contributed by atoms with Gasteiger partial charge in [-0.3, -0.25) is 9.78 Å². The van der Waals surface area contributed by atoms with Gasteiger partial charge in [-0.05, 0) is 33.8 Å². The van der Waals surface area contributed by atoms with Crippen molar-refractivity contribution >= 4 is 18.6 Å². The SMILES string of the molecule is CC1(C)OB(c2ccc(CC(N)C(=O)O)nc2)OC1(C)C. The summed E-state index contributed by atoms with van der Waals surface area (Å²) >= 11 is 0. The summed E-state index contributed by atoms with van der Waals surface area (Å²) in [7, 11) is -0.468. The summed E-state index contributed by atoms with van der Waals surface area (Å²) in [5.74, 6) is -1.04. The zero-order valence-electron chi connectivity index (χ0n) is 12.8. The first-order valence-corrected chi connectivity index (χ1v) is 6.91. The molecule has 0 radical (unpaired) electrons. The van der Waals surface area contributed by atoms with Crippen LogP contribution in [0.4, 0.5) is 0 Å². The lowest BCUT2D eigenvalue weighted by atomic mass is 9.80. The van der Waals surface area contributed by atoms with Crippen LogP contribution in [0.5, 0.6) is 0 Å². The molecule has 1 aliphatic rings. The Morgan fingerprint density at radius 1 is 1.33 bits per heavy atom. The minimum atomic E-state index is -1.04. The Bertz CT molecular complexity index is 514. The highest BCUT2D eigenvalue weighted by Crippen LogP contribution is 2.36. The number of rotatable bonds is 4. The van der Waals surface area contributed by atoms with E-state index in [1.54, 1.807) is 12.3 Å². The third-order valence-electron chi connectivity index (χ3n) is 4.12. The van der Waals surface area contributed by atoms with Gasteiger partial charge in [0.2, 0.25) is 0 Å². The first-order chi connectivity index (χ1) is 9.62. The first kappa shape index (κ1) is 15.9. The normalized spacial score (nSPS) is 21.3.